The summed E-state index contributed by atoms with van der Waals surface area (Å²) in [5.74, 6) is 4.64. The average Bonchev–Trinajstić information content (AvgIpc) is 1.80. The summed E-state index contributed by atoms with van der Waals surface area (Å²) in [5, 5.41) is 0. The minimum Gasteiger partial charge on any atom is -0.180 e. The van der Waals surface area contributed by atoms with Gasteiger partial charge in [0, 0.05) is 21.8 Å². The molecule has 0 saturated heterocycles. The van der Waals surface area contributed by atoms with E-state index < -0.39 is 4.83 Å². The van der Waals surface area contributed by atoms with Gasteiger partial charge in [0.05, 0.1) is 0 Å². The summed E-state index contributed by atoms with van der Waals surface area (Å²) >= 11 is 2.15. The summed E-state index contributed by atoms with van der Waals surface area (Å²) in [5.41, 5.74) is 0. The molecule has 0 rings (SSSR count). The molecular formula is C8H11BrF2. The second-order valence-electron chi connectivity index (χ2n) is 2.80. The monoisotopic (exact) mass is 224 g/mol. The van der Waals surface area contributed by atoms with E-state index in [4.69, 9.17) is 0 Å². The number of hydrogen-bond acceptors (Lipinski definition) is 0. The molecule has 0 saturated carbocycles. The Morgan fingerprint density at radius 3 is 2.00 bits per heavy atom. The summed E-state index contributed by atoms with van der Waals surface area (Å²) in [6.07, 6.45) is 0. The van der Waals surface area contributed by atoms with Crippen LogP contribution in [-0.4, -0.2) is 4.83 Å². The summed E-state index contributed by atoms with van der Waals surface area (Å²) in [4.78, 5) is -3.03. The third-order valence-corrected chi connectivity index (χ3v) is 1.64. The van der Waals surface area contributed by atoms with Crippen molar-refractivity contribution in [2.24, 2.45) is 11.8 Å². The standard InChI is InChI=1S/C8H11BrF2/c1-6(2)7(3)4-5-8(9,10)11/h6-7H,1-3H3. The normalized spacial score (nSPS) is 14.1. The third-order valence-electron chi connectivity index (χ3n) is 1.44. The van der Waals surface area contributed by atoms with Gasteiger partial charge in [0.25, 0.3) is 0 Å². The fourth-order valence-electron chi connectivity index (χ4n) is 0.362. The first-order chi connectivity index (χ1) is 4.83. The van der Waals surface area contributed by atoms with Crippen molar-refractivity contribution in [2.75, 3.05) is 0 Å². The lowest BCUT2D eigenvalue weighted by Gasteiger charge is -2.06. The Morgan fingerprint density at radius 2 is 1.73 bits per heavy atom. The fraction of sp³-hybridized carbons (Fsp3) is 0.750. The molecular weight excluding hydrogens is 214 g/mol. The molecule has 0 radical (unpaired) electrons. The molecule has 0 aromatic rings. The molecule has 0 bridgehead atoms. The van der Waals surface area contributed by atoms with Crippen molar-refractivity contribution in [3.05, 3.63) is 0 Å². The van der Waals surface area contributed by atoms with Crippen molar-refractivity contribution in [1.82, 2.24) is 0 Å². The smallest absolute Gasteiger partial charge is 0.180 e. The Labute approximate surface area is 74.5 Å². The van der Waals surface area contributed by atoms with Crippen LogP contribution in [0.3, 0.4) is 0 Å². The Kier molecular flexibility index (Phi) is 4.02. The van der Waals surface area contributed by atoms with Gasteiger partial charge in [-0.05, 0) is 11.8 Å². The highest BCUT2D eigenvalue weighted by Crippen LogP contribution is 2.20. The molecule has 0 aromatic carbocycles. The maximum atomic E-state index is 12.1. The minimum atomic E-state index is -3.03. The average molecular weight is 225 g/mol. The van der Waals surface area contributed by atoms with Crippen molar-refractivity contribution in [2.45, 2.75) is 25.6 Å². The first kappa shape index (κ1) is 10.9. The number of rotatable bonds is 1. The Hall–Kier alpha value is -0.100. The van der Waals surface area contributed by atoms with Crippen molar-refractivity contribution >= 4 is 15.9 Å². The lowest BCUT2D eigenvalue weighted by molar-refractivity contribution is 0.182. The molecule has 0 nitrogen and oxygen atoms in total. The Bertz CT molecular complexity index is 171. The summed E-state index contributed by atoms with van der Waals surface area (Å²) in [6, 6.07) is 0. The number of alkyl halides is 3. The van der Waals surface area contributed by atoms with Crippen LogP contribution in [0.25, 0.3) is 0 Å². The quantitative estimate of drug-likeness (QED) is 0.474. The molecule has 0 amide bonds. The largest absolute Gasteiger partial charge is 0.363 e. The number of halogens is 3. The maximum absolute atomic E-state index is 12.1. The highest BCUT2D eigenvalue weighted by molar-refractivity contribution is 9.10. The molecule has 3 heteroatoms. The second-order valence-corrected chi connectivity index (χ2v) is 3.80. The van der Waals surface area contributed by atoms with Crippen molar-refractivity contribution in [3.8, 4) is 11.8 Å². The lowest BCUT2D eigenvalue weighted by Crippen LogP contribution is -2.04. The zero-order valence-corrected chi connectivity index (χ0v) is 8.37. The van der Waals surface area contributed by atoms with E-state index >= 15 is 0 Å². The van der Waals surface area contributed by atoms with Crippen LogP contribution >= 0.6 is 15.9 Å². The van der Waals surface area contributed by atoms with Gasteiger partial charge in [-0.25, -0.2) is 0 Å². The SMILES string of the molecule is CC(C)C(C)C#CC(F)(F)Br. The molecule has 0 aromatic heterocycles. The van der Waals surface area contributed by atoms with E-state index in [0.29, 0.717) is 5.92 Å². The van der Waals surface area contributed by atoms with E-state index in [1.807, 2.05) is 26.7 Å². The number of hydrogen-bond donors (Lipinski definition) is 0. The van der Waals surface area contributed by atoms with E-state index in [0.717, 1.165) is 0 Å². The second kappa shape index (κ2) is 4.06. The molecule has 1 atom stereocenters. The third kappa shape index (κ3) is 6.30. The van der Waals surface area contributed by atoms with Crippen LogP contribution in [0.4, 0.5) is 8.78 Å². The molecule has 1 unspecified atom stereocenters. The van der Waals surface area contributed by atoms with Crippen LogP contribution in [0, 0.1) is 23.7 Å². The minimum absolute atomic E-state index is 0.0124. The van der Waals surface area contributed by atoms with E-state index in [1.165, 1.54) is 0 Å². The van der Waals surface area contributed by atoms with Gasteiger partial charge in [-0.15, -0.1) is 0 Å². The van der Waals surface area contributed by atoms with E-state index in [9.17, 15) is 8.78 Å². The molecule has 0 spiro atoms. The predicted molar refractivity (Wildman–Crippen MR) is 45.7 cm³/mol. The Morgan fingerprint density at radius 1 is 1.27 bits per heavy atom. The van der Waals surface area contributed by atoms with Gasteiger partial charge < -0.3 is 0 Å². The van der Waals surface area contributed by atoms with Gasteiger partial charge in [-0.1, -0.05) is 26.7 Å². The fourth-order valence-corrected chi connectivity index (χ4v) is 0.477. The van der Waals surface area contributed by atoms with Gasteiger partial charge in [-0.3, -0.25) is 0 Å². The summed E-state index contributed by atoms with van der Waals surface area (Å²) in [6.45, 7) is 5.73. The van der Waals surface area contributed by atoms with Crippen molar-refractivity contribution < 1.29 is 8.78 Å². The summed E-state index contributed by atoms with van der Waals surface area (Å²) in [7, 11) is 0. The van der Waals surface area contributed by atoms with Crippen molar-refractivity contribution in [1.29, 1.82) is 0 Å². The van der Waals surface area contributed by atoms with Crippen LogP contribution in [0.2, 0.25) is 0 Å². The molecule has 0 heterocycles. The molecule has 0 fully saturated rings. The van der Waals surface area contributed by atoms with Gasteiger partial charge in [-0.2, -0.15) is 8.78 Å². The highest BCUT2D eigenvalue weighted by Gasteiger charge is 2.19. The molecule has 0 N–H and O–H groups in total. The molecule has 0 aliphatic rings. The van der Waals surface area contributed by atoms with Crippen LogP contribution in [0.1, 0.15) is 20.8 Å². The van der Waals surface area contributed by atoms with Gasteiger partial charge in [0.15, 0.2) is 0 Å². The first-order valence-electron chi connectivity index (χ1n) is 3.42. The topological polar surface area (TPSA) is 0 Å². The van der Waals surface area contributed by atoms with Crippen LogP contribution < -0.4 is 0 Å². The van der Waals surface area contributed by atoms with Gasteiger partial charge in [0.1, 0.15) is 0 Å². The van der Waals surface area contributed by atoms with Crippen molar-refractivity contribution in [3.63, 3.8) is 0 Å². The maximum Gasteiger partial charge on any atom is 0.363 e. The zero-order valence-electron chi connectivity index (χ0n) is 6.79. The Balaban J connectivity index is 4.08. The van der Waals surface area contributed by atoms with Gasteiger partial charge in [0.2, 0.25) is 0 Å². The molecule has 0 aliphatic heterocycles. The summed E-state index contributed by atoms with van der Waals surface area (Å²) < 4.78 is 24.2. The van der Waals surface area contributed by atoms with Crippen LogP contribution in [0.15, 0.2) is 0 Å². The molecule has 0 aliphatic carbocycles. The van der Waals surface area contributed by atoms with Gasteiger partial charge >= 0.3 is 4.83 Å². The van der Waals surface area contributed by atoms with Crippen LogP contribution in [-0.2, 0) is 0 Å². The van der Waals surface area contributed by atoms with E-state index in [-0.39, 0.29) is 5.92 Å². The zero-order chi connectivity index (χ0) is 9.07. The molecule has 11 heavy (non-hydrogen) atoms. The van der Waals surface area contributed by atoms with E-state index in [2.05, 4.69) is 21.9 Å². The first-order valence-corrected chi connectivity index (χ1v) is 4.21. The van der Waals surface area contributed by atoms with E-state index in [1.54, 1.807) is 0 Å². The van der Waals surface area contributed by atoms with Crippen LogP contribution in [0.5, 0.6) is 0 Å². The predicted octanol–water partition coefficient (Wildman–Crippen LogP) is 3.27. The molecule has 64 valence electrons. The lowest BCUT2D eigenvalue weighted by atomic mass is 9.99. The highest BCUT2D eigenvalue weighted by atomic mass is 79.9.